The first-order valence-corrected chi connectivity index (χ1v) is 10.3. The molecular weight excluding hydrogens is 383 g/mol. The van der Waals surface area contributed by atoms with Gasteiger partial charge in [-0.05, 0) is 43.7 Å². The zero-order valence-corrected chi connectivity index (χ0v) is 15.7. The molecule has 1 spiro atoms. The molecule has 0 saturated heterocycles. The summed E-state index contributed by atoms with van der Waals surface area (Å²) < 4.78 is 68.0. The second-order valence-electron chi connectivity index (χ2n) is 7.38. The van der Waals surface area contributed by atoms with E-state index in [1.165, 1.54) is 25.3 Å². The summed E-state index contributed by atoms with van der Waals surface area (Å²) >= 11 is 0. The molecule has 2 unspecified atom stereocenters. The normalized spacial score (nSPS) is 25.3. The van der Waals surface area contributed by atoms with Crippen LogP contribution in [0.3, 0.4) is 0 Å². The van der Waals surface area contributed by atoms with Gasteiger partial charge in [-0.15, -0.1) is 0 Å². The Bertz CT molecular complexity index is 818. The summed E-state index contributed by atoms with van der Waals surface area (Å²) in [6.07, 6.45) is 4.10. The molecule has 0 radical (unpaired) electrons. The summed E-state index contributed by atoms with van der Waals surface area (Å²) in [5, 5.41) is 0. The van der Waals surface area contributed by atoms with Gasteiger partial charge in [-0.2, -0.15) is 21.6 Å². The Morgan fingerprint density at radius 2 is 1.89 bits per heavy atom. The molecule has 2 fully saturated rings. The van der Waals surface area contributed by atoms with E-state index >= 15 is 0 Å². The van der Waals surface area contributed by atoms with E-state index in [9.17, 15) is 26.4 Å². The molecule has 27 heavy (non-hydrogen) atoms. The highest BCUT2D eigenvalue weighted by Gasteiger charge is 2.52. The highest BCUT2D eigenvalue weighted by molar-refractivity contribution is 7.93. The number of carbonyl (C=O) groups is 1. The number of benzene rings is 1. The SMILES string of the molecule is COC1C(=O)C(Cc2ccccc2NS(=O)(=O)C(F)(F)F)CCC12CCC2. The van der Waals surface area contributed by atoms with E-state index in [1.807, 2.05) is 0 Å². The van der Waals surface area contributed by atoms with Crippen molar-refractivity contribution in [2.24, 2.45) is 11.3 Å². The van der Waals surface area contributed by atoms with Crippen LogP contribution in [0.4, 0.5) is 18.9 Å². The fourth-order valence-corrected chi connectivity index (χ4v) is 4.83. The quantitative estimate of drug-likeness (QED) is 0.812. The molecule has 2 aliphatic rings. The van der Waals surface area contributed by atoms with Gasteiger partial charge in [0, 0.05) is 18.4 Å². The minimum absolute atomic E-state index is 0.0445. The van der Waals surface area contributed by atoms with Crippen molar-refractivity contribution in [1.29, 1.82) is 0 Å². The fraction of sp³-hybridized carbons (Fsp3) is 0.611. The zero-order chi connectivity index (χ0) is 19.9. The third kappa shape index (κ3) is 3.71. The van der Waals surface area contributed by atoms with Crippen molar-refractivity contribution < 1.29 is 31.1 Å². The maximum atomic E-state index is 12.9. The molecule has 3 rings (SSSR count). The number of nitrogens with one attached hydrogen (secondary N) is 1. The average molecular weight is 405 g/mol. The number of anilines is 1. The molecule has 2 atom stereocenters. The van der Waals surface area contributed by atoms with Gasteiger partial charge in [-0.25, -0.2) is 0 Å². The lowest BCUT2D eigenvalue weighted by atomic mass is 9.56. The number of alkyl halides is 3. The van der Waals surface area contributed by atoms with Gasteiger partial charge >= 0.3 is 15.5 Å². The third-order valence-corrected chi connectivity index (χ3v) is 6.92. The molecular formula is C18H22F3NO4S. The Morgan fingerprint density at radius 1 is 1.22 bits per heavy atom. The van der Waals surface area contributed by atoms with Crippen molar-refractivity contribution in [2.75, 3.05) is 11.8 Å². The Morgan fingerprint density at radius 3 is 2.44 bits per heavy atom. The number of halogens is 3. The highest BCUT2D eigenvalue weighted by Crippen LogP contribution is 2.53. The molecule has 5 nitrogen and oxygen atoms in total. The van der Waals surface area contributed by atoms with Gasteiger partial charge in [0.25, 0.3) is 0 Å². The molecule has 1 aromatic rings. The average Bonchev–Trinajstić information content (AvgIpc) is 2.55. The molecule has 0 aliphatic heterocycles. The fourth-order valence-electron chi connectivity index (χ4n) is 4.23. The molecule has 0 amide bonds. The Labute approximate surface area is 156 Å². The minimum atomic E-state index is -5.52. The zero-order valence-electron chi connectivity index (χ0n) is 14.9. The van der Waals surface area contributed by atoms with E-state index in [0.29, 0.717) is 12.0 Å². The molecule has 150 valence electrons. The van der Waals surface area contributed by atoms with E-state index in [1.54, 1.807) is 10.8 Å². The number of Topliss-reactive ketones (excluding diaryl/α,β-unsaturated/α-hetero) is 1. The smallest absolute Gasteiger partial charge is 0.373 e. The van der Waals surface area contributed by atoms with Gasteiger partial charge in [0.1, 0.15) is 6.10 Å². The van der Waals surface area contributed by atoms with Crippen molar-refractivity contribution in [1.82, 2.24) is 0 Å². The van der Waals surface area contributed by atoms with Crippen molar-refractivity contribution >= 4 is 21.5 Å². The van der Waals surface area contributed by atoms with E-state index in [-0.39, 0.29) is 23.3 Å². The van der Waals surface area contributed by atoms with E-state index < -0.39 is 27.6 Å². The lowest BCUT2D eigenvalue weighted by Crippen LogP contribution is -2.53. The van der Waals surface area contributed by atoms with E-state index in [0.717, 1.165) is 25.7 Å². The lowest BCUT2D eigenvalue weighted by molar-refractivity contribution is -0.156. The van der Waals surface area contributed by atoms with Crippen molar-refractivity contribution in [3.8, 4) is 0 Å². The molecule has 2 saturated carbocycles. The number of ether oxygens (including phenoxy) is 1. The van der Waals surface area contributed by atoms with E-state index in [4.69, 9.17) is 4.74 Å². The number of sulfonamides is 1. The summed E-state index contributed by atoms with van der Waals surface area (Å²) in [5.41, 5.74) is -5.29. The van der Waals surface area contributed by atoms with Crippen LogP contribution in [-0.2, 0) is 26.0 Å². The van der Waals surface area contributed by atoms with Crippen LogP contribution in [0.15, 0.2) is 24.3 Å². The first-order valence-electron chi connectivity index (χ1n) is 8.83. The van der Waals surface area contributed by atoms with Crippen LogP contribution in [0.5, 0.6) is 0 Å². The Balaban J connectivity index is 1.80. The van der Waals surface area contributed by atoms with Gasteiger partial charge in [0.15, 0.2) is 5.78 Å². The number of methoxy groups -OCH3 is 1. The predicted octanol–water partition coefficient (Wildman–Crippen LogP) is 3.66. The van der Waals surface area contributed by atoms with Crippen LogP contribution in [-0.4, -0.2) is 32.9 Å². The molecule has 1 aromatic carbocycles. The molecule has 2 aliphatic carbocycles. The molecule has 0 aromatic heterocycles. The maximum Gasteiger partial charge on any atom is 0.516 e. The highest BCUT2D eigenvalue weighted by atomic mass is 32.2. The largest absolute Gasteiger partial charge is 0.516 e. The van der Waals surface area contributed by atoms with E-state index in [2.05, 4.69) is 0 Å². The summed E-state index contributed by atoms with van der Waals surface area (Å²) in [6, 6.07) is 5.86. The van der Waals surface area contributed by atoms with Crippen LogP contribution in [0.1, 0.15) is 37.7 Å². The molecule has 0 bridgehead atoms. The standard InChI is InChI=1S/C18H22F3NO4S/c1-26-16-15(23)13(7-10-17(16)8-4-9-17)11-12-5-2-3-6-14(12)22-27(24,25)18(19,20)21/h2-3,5-6,13,16,22H,4,7-11H2,1H3. The monoisotopic (exact) mass is 405 g/mol. The van der Waals surface area contributed by atoms with Gasteiger partial charge in [-0.3, -0.25) is 9.52 Å². The number of para-hydroxylation sites is 1. The van der Waals surface area contributed by atoms with Gasteiger partial charge in [0.2, 0.25) is 0 Å². The first kappa shape index (κ1) is 20.1. The molecule has 0 heterocycles. The van der Waals surface area contributed by atoms with Crippen molar-refractivity contribution in [3.63, 3.8) is 0 Å². The predicted molar refractivity (Wildman–Crippen MR) is 93.6 cm³/mol. The number of rotatable bonds is 5. The topological polar surface area (TPSA) is 72.5 Å². The summed E-state index contributed by atoms with van der Waals surface area (Å²) in [4.78, 5) is 12.9. The van der Waals surface area contributed by atoms with Gasteiger partial charge in [-0.1, -0.05) is 24.6 Å². The van der Waals surface area contributed by atoms with Crippen LogP contribution in [0.25, 0.3) is 0 Å². The molecule has 9 heteroatoms. The third-order valence-electron chi connectivity index (χ3n) is 5.83. The van der Waals surface area contributed by atoms with Crippen molar-refractivity contribution in [2.45, 2.75) is 50.1 Å². The number of carbonyl (C=O) groups excluding carboxylic acids is 1. The van der Waals surface area contributed by atoms with Crippen LogP contribution < -0.4 is 4.72 Å². The molecule has 1 N–H and O–H groups in total. The maximum absolute atomic E-state index is 12.9. The summed E-state index contributed by atoms with van der Waals surface area (Å²) in [7, 11) is -4.01. The minimum Gasteiger partial charge on any atom is -0.373 e. The van der Waals surface area contributed by atoms with Crippen LogP contribution >= 0.6 is 0 Å². The summed E-state index contributed by atoms with van der Waals surface area (Å²) in [5.74, 6) is -0.449. The number of hydrogen-bond donors (Lipinski definition) is 1. The second-order valence-corrected chi connectivity index (χ2v) is 9.06. The van der Waals surface area contributed by atoms with Gasteiger partial charge < -0.3 is 4.74 Å². The lowest BCUT2D eigenvalue weighted by Gasteiger charge is -2.50. The van der Waals surface area contributed by atoms with Gasteiger partial charge in [0.05, 0.1) is 5.69 Å². The second kappa shape index (κ2) is 7.09. The Kier molecular flexibility index (Phi) is 5.28. The number of hydrogen-bond acceptors (Lipinski definition) is 4. The summed E-state index contributed by atoms with van der Waals surface area (Å²) in [6.45, 7) is 0. The van der Waals surface area contributed by atoms with Crippen molar-refractivity contribution in [3.05, 3.63) is 29.8 Å². The van der Waals surface area contributed by atoms with Crippen LogP contribution in [0.2, 0.25) is 0 Å². The first-order chi connectivity index (χ1) is 12.6. The van der Waals surface area contributed by atoms with Crippen LogP contribution in [0, 0.1) is 11.3 Å². The number of ketones is 1. The Hall–Kier alpha value is -1.61.